The number of hydrazone groups is 1. The van der Waals surface area contributed by atoms with Crippen molar-refractivity contribution in [3.8, 4) is 11.5 Å². The van der Waals surface area contributed by atoms with E-state index in [1.807, 2.05) is 13.0 Å². The first-order valence-electron chi connectivity index (χ1n) is 8.31. The second kappa shape index (κ2) is 10.3. The third kappa shape index (κ3) is 6.41. The first-order valence-corrected chi connectivity index (χ1v) is 9.11. The van der Waals surface area contributed by atoms with Crippen molar-refractivity contribution in [2.45, 2.75) is 13.3 Å². The van der Waals surface area contributed by atoms with Crippen LogP contribution < -0.4 is 15.5 Å². The standard InChI is InChI=1S/C19H20BrN3O4/c1-2-27-16-11-13(10-15(20)18(16)25)12-22-23-17(24)8-9-21-19(26)14-6-4-3-5-7-14/h3-7,10-12,25H,2,8-9H2,1H3,(H,21,26)(H,23,24)/b22-12+. The number of aromatic hydroxyl groups is 1. The van der Waals surface area contributed by atoms with Crippen LogP contribution in [-0.2, 0) is 4.79 Å². The summed E-state index contributed by atoms with van der Waals surface area (Å²) in [5, 5.41) is 16.4. The molecule has 0 radical (unpaired) electrons. The molecule has 0 aliphatic heterocycles. The Balaban J connectivity index is 1.80. The van der Waals surface area contributed by atoms with E-state index in [0.29, 0.717) is 28.0 Å². The van der Waals surface area contributed by atoms with Crippen LogP contribution in [0.15, 0.2) is 52.0 Å². The third-order valence-electron chi connectivity index (χ3n) is 3.43. The van der Waals surface area contributed by atoms with Crippen molar-refractivity contribution in [1.29, 1.82) is 0 Å². The summed E-state index contributed by atoms with van der Waals surface area (Å²) in [5.41, 5.74) is 3.57. The number of halogens is 1. The summed E-state index contributed by atoms with van der Waals surface area (Å²) < 4.78 is 5.79. The van der Waals surface area contributed by atoms with Gasteiger partial charge in [-0.1, -0.05) is 18.2 Å². The number of phenols is 1. The van der Waals surface area contributed by atoms with E-state index in [1.54, 1.807) is 36.4 Å². The minimum atomic E-state index is -0.331. The summed E-state index contributed by atoms with van der Waals surface area (Å²) >= 11 is 3.24. The van der Waals surface area contributed by atoms with Gasteiger partial charge in [0.2, 0.25) is 5.91 Å². The largest absolute Gasteiger partial charge is 0.503 e. The predicted octanol–water partition coefficient (Wildman–Crippen LogP) is 2.82. The molecule has 7 nitrogen and oxygen atoms in total. The average Bonchev–Trinajstić information content (AvgIpc) is 2.66. The second-order valence-electron chi connectivity index (χ2n) is 5.45. The molecule has 2 rings (SSSR count). The van der Waals surface area contributed by atoms with Gasteiger partial charge in [0.15, 0.2) is 11.5 Å². The molecular weight excluding hydrogens is 414 g/mol. The normalized spacial score (nSPS) is 10.6. The number of hydrogen-bond donors (Lipinski definition) is 3. The first kappa shape index (κ1) is 20.4. The van der Waals surface area contributed by atoms with Gasteiger partial charge in [-0.3, -0.25) is 9.59 Å². The predicted molar refractivity (Wildman–Crippen MR) is 106 cm³/mol. The lowest BCUT2D eigenvalue weighted by Gasteiger charge is -2.08. The number of phenolic OH excluding ortho intramolecular Hbond substituents is 1. The van der Waals surface area contributed by atoms with Crippen molar-refractivity contribution in [1.82, 2.24) is 10.7 Å². The Morgan fingerprint density at radius 1 is 1.26 bits per heavy atom. The van der Waals surface area contributed by atoms with Crippen LogP contribution in [0.3, 0.4) is 0 Å². The molecule has 2 aromatic rings. The monoisotopic (exact) mass is 433 g/mol. The minimum absolute atomic E-state index is 0.00666. The molecule has 0 fully saturated rings. The van der Waals surface area contributed by atoms with Gasteiger partial charge < -0.3 is 15.2 Å². The van der Waals surface area contributed by atoms with Crippen LogP contribution in [0, 0.1) is 0 Å². The molecule has 2 amide bonds. The number of amides is 2. The number of hydrogen-bond acceptors (Lipinski definition) is 5. The molecule has 27 heavy (non-hydrogen) atoms. The van der Waals surface area contributed by atoms with Crippen LogP contribution in [0.25, 0.3) is 0 Å². The van der Waals surface area contributed by atoms with Gasteiger partial charge in [0.05, 0.1) is 17.3 Å². The lowest BCUT2D eigenvalue weighted by molar-refractivity contribution is -0.120. The highest BCUT2D eigenvalue weighted by Gasteiger charge is 2.09. The summed E-state index contributed by atoms with van der Waals surface area (Å²) in [6.45, 7) is 2.42. The molecule has 142 valence electrons. The number of nitrogens with zero attached hydrogens (tertiary/aromatic N) is 1. The smallest absolute Gasteiger partial charge is 0.251 e. The number of carbonyl (C=O) groups excluding carboxylic acids is 2. The summed E-state index contributed by atoms with van der Waals surface area (Å²) in [6, 6.07) is 12.0. The molecule has 0 bridgehead atoms. The number of rotatable bonds is 8. The quantitative estimate of drug-likeness (QED) is 0.440. The van der Waals surface area contributed by atoms with E-state index in [9.17, 15) is 14.7 Å². The Labute approximate surface area is 165 Å². The first-order chi connectivity index (χ1) is 13.0. The molecule has 0 heterocycles. The molecule has 0 aliphatic carbocycles. The van der Waals surface area contributed by atoms with Crippen LogP contribution in [0.4, 0.5) is 0 Å². The Bertz CT molecular complexity index is 825. The van der Waals surface area contributed by atoms with Crippen LogP contribution in [0.1, 0.15) is 29.3 Å². The van der Waals surface area contributed by atoms with Gasteiger partial charge in [-0.05, 0) is 52.7 Å². The molecule has 3 N–H and O–H groups in total. The zero-order valence-corrected chi connectivity index (χ0v) is 16.3. The van der Waals surface area contributed by atoms with Crippen LogP contribution in [-0.4, -0.2) is 36.3 Å². The second-order valence-corrected chi connectivity index (χ2v) is 6.30. The minimum Gasteiger partial charge on any atom is -0.503 e. The van der Waals surface area contributed by atoms with E-state index >= 15 is 0 Å². The molecule has 0 aliphatic rings. The SMILES string of the molecule is CCOc1cc(/C=N/NC(=O)CCNC(=O)c2ccccc2)cc(Br)c1O. The highest BCUT2D eigenvalue weighted by atomic mass is 79.9. The van der Waals surface area contributed by atoms with Crippen LogP contribution in [0.2, 0.25) is 0 Å². The summed E-state index contributed by atoms with van der Waals surface area (Å²) in [5.74, 6) is -0.234. The van der Waals surface area contributed by atoms with Gasteiger partial charge in [0.1, 0.15) is 0 Å². The maximum Gasteiger partial charge on any atom is 0.251 e. The van der Waals surface area contributed by atoms with E-state index in [4.69, 9.17) is 4.74 Å². The fourth-order valence-corrected chi connectivity index (χ4v) is 2.61. The van der Waals surface area contributed by atoms with E-state index < -0.39 is 0 Å². The highest BCUT2D eigenvalue weighted by Crippen LogP contribution is 2.34. The van der Waals surface area contributed by atoms with E-state index in [2.05, 4.69) is 31.8 Å². The Hall–Kier alpha value is -2.87. The van der Waals surface area contributed by atoms with Crippen molar-refractivity contribution in [2.24, 2.45) is 5.10 Å². The van der Waals surface area contributed by atoms with Crippen molar-refractivity contribution < 1.29 is 19.4 Å². The Morgan fingerprint density at radius 2 is 2.00 bits per heavy atom. The molecule has 0 atom stereocenters. The number of ether oxygens (including phenoxy) is 1. The highest BCUT2D eigenvalue weighted by molar-refractivity contribution is 9.10. The number of nitrogens with one attached hydrogen (secondary N) is 2. The van der Waals surface area contributed by atoms with Gasteiger partial charge in [-0.15, -0.1) is 0 Å². The number of benzene rings is 2. The van der Waals surface area contributed by atoms with Gasteiger partial charge in [0.25, 0.3) is 5.91 Å². The molecule has 8 heteroatoms. The lowest BCUT2D eigenvalue weighted by atomic mass is 10.2. The topological polar surface area (TPSA) is 100 Å². The molecule has 2 aromatic carbocycles. The maximum atomic E-state index is 11.9. The molecule has 0 unspecified atom stereocenters. The van der Waals surface area contributed by atoms with E-state index in [-0.39, 0.29) is 30.5 Å². The van der Waals surface area contributed by atoms with Gasteiger partial charge in [0, 0.05) is 18.5 Å². The molecular formula is C19H20BrN3O4. The van der Waals surface area contributed by atoms with Gasteiger partial charge in [-0.2, -0.15) is 5.10 Å². The van der Waals surface area contributed by atoms with E-state index in [1.165, 1.54) is 6.21 Å². The van der Waals surface area contributed by atoms with Crippen molar-refractivity contribution in [3.63, 3.8) is 0 Å². The molecule has 0 saturated carbocycles. The van der Waals surface area contributed by atoms with Crippen LogP contribution in [0.5, 0.6) is 11.5 Å². The third-order valence-corrected chi connectivity index (χ3v) is 4.03. The fraction of sp³-hybridized carbons (Fsp3) is 0.211. The van der Waals surface area contributed by atoms with Crippen molar-refractivity contribution in [2.75, 3.05) is 13.2 Å². The zero-order chi connectivity index (χ0) is 19.6. The van der Waals surface area contributed by atoms with Gasteiger partial charge >= 0.3 is 0 Å². The maximum absolute atomic E-state index is 11.9. The Kier molecular flexibility index (Phi) is 7.81. The summed E-state index contributed by atoms with van der Waals surface area (Å²) in [6.07, 6.45) is 1.53. The zero-order valence-electron chi connectivity index (χ0n) is 14.7. The molecule has 0 saturated heterocycles. The number of carbonyl (C=O) groups is 2. The lowest BCUT2D eigenvalue weighted by Crippen LogP contribution is -2.28. The molecule has 0 aromatic heterocycles. The summed E-state index contributed by atoms with van der Waals surface area (Å²) in [7, 11) is 0. The van der Waals surface area contributed by atoms with Gasteiger partial charge in [-0.25, -0.2) is 5.43 Å². The molecule has 0 spiro atoms. The van der Waals surface area contributed by atoms with Crippen molar-refractivity contribution in [3.05, 3.63) is 58.1 Å². The summed E-state index contributed by atoms with van der Waals surface area (Å²) in [4.78, 5) is 23.7. The Morgan fingerprint density at radius 3 is 2.70 bits per heavy atom. The van der Waals surface area contributed by atoms with Crippen LogP contribution >= 0.6 is 15.9 Å². The average molecular weight is 434 g/mol. The van der Waals surface area contributed by atoms with E-state index in [0.717, 1.165) is 0 Å². The fourth-order valence-electron chi connectivity index (χ4n) is 2.15. The van der Waals surface area contributed by atoms with Crippen molar-refractivity contribution >= 4 is 34.0 Å².